The van der Waals surface area contributed by atoms with E-state index in [2.05, 4.69) is 4.98 Å². The molecular weight excluding hydrogens is 272 g/mol. The van der Waals surface area contributed by atoms with E-state index in [1.807, 2.05) is 49.6 Å². The first kappa shape index (κ1) is 14.4. The third-order valence-corrected chi connectivity index (χ3v) is 3.25. The molecule has 0 aliphatic rings. The van der Waals surface area contributed by atoms with Gasteiger partial charge in [0.15, 0.2) is 16.6 Å². The zero-order chi connectivity index (χ0) is 14.4. The van der Waals surface area contributed by atoms with E-state index in [1.54, 1.807) is 0 Å². The first-order valence-electron chi connectivity index (χ1n) is 6.51. The minimum Gasteiger partial charge on any atom is -0.490 e. The Morgan fingerprint density at radius 2 is 1.90 bits per heavy atom. The zero-order valence-electron chi connectivity index (χ0n) is 11.6. The van der Waals surface area contributed by atoms with E-state index in [0.29, 0.717) is 18.3 Å². The van der Waals surface area contributed by atoms with Crippen LogP contribution in [0, 0.1) is 0 Å². The van der Waals surface area contributed by atoms with Crippen LogP contribution < -0.4 is 15.2 Å². The Morgan fingerprint density at radius 1 is 1.15 bits per heavy atom. The van der Waals surface area contributed by atoms with Crippen LogP contribution in [0.2, 0.25) is 0 Å². The van der Waals surface area contributed by atoms with E-state index in [1.165, 1.54) is 11.3 Å². The van der Waals surface area contributed by atoms with Gasteiger partial charge in [-0.2, -0.15) is 0 Å². The minimum atomic E-state index is 0.575. The largest absolute Gasteiger partial charge is 0.490 e. The predicted octanol–water partition coefficient (Wildman–Crippen LogP) is 3.69. The molecule has 0 bridgehead atoms. The summed E-state index contributed by atoms with van der Waals surface area (Å²) < 4.78 is 11.1. The zero-order valence-corrected chi connectivity index (χ0v) is 12.4. The summed E-state index contributed by atoms with van der Waals surface area (Å²) in [7, 11) is 0. The molecular formula is C15H18N2O2S. The number of nitrogens with zero attached hydrogens (tertiary/aromatic N) is 1. The summed E-state index contributed by atoms with van der Waals surface area (Å²) >= 11 is 1.43. The molecule has 0 atom stereocenters. The van der Waals surface area contributed by atoms with E-state index in [-0.39, 0.29) is 0 Å². The van der Waals surface area contributed by atoms with E-state index in [0.717, 1.165) is 22.8 Å². The second kappa shape index (κ2) is 6.96. The van der Waals surface area contributed by atoms with Crippen LogP contribution in [0.15, 0.2) is 23.6 Å². The predicted molar refractivity (Wildman–Crippen MR) is 84.2 cm³/mol. The van der Waals surface area contributed by atoms with Crippen LogP contribution in [-0.4, -0.2) is 18.2 Å². The molecule has 20 heavy (non-hydrogen) atoms. The van der Waals surface area contributed by atoms with E-state index < -0.39 is 0 Å². The number of anilines is 1. The average Bonchev–Trinajstić information content (AvgIpc) is 2.85. The molecule has 0 fully saturated rings. The number of ether oxygens (including phenoxy) is 2. The fourth-order valence-electron chi connectivity index (χ4n) is 1.73. The standard InChI is InChI=1S/C15H18N2O2S/c1-3-18-13-8-6-11(9-14(13)19-4-2)5-7-12-10-20-15(16)17-12/h5-10H,3-4H2,1-2H3,(H2,16,17). The maximum atomic E-state index is 5.60. The summed E-state index contributed by atoms with van der Waals surface area (Å²) in [6.07, 6.45) is 3.91. The van der Waals surface area contributed by atoms with Gasteiger partial charge in [0.05, 0.1) is 18.9 Å². The number of nitrogen functional groups attached to an aromatic ring is 1. The van der Waals surface area contributed by atoms with Crippen molar-refractivity contribution in [3.63, 3.8) is 0 Å². The SMILES string of the molecule is CCOc1ccc(C=Cc2csc(N)n2)cc1OCC. The van der Waals surface area contributed by atoms with Gasteiger partial charge in [0.2, 0.25) is 0 Å². The van der Waals surface area contributed by atoms with Gasteiger partial charge in [-0.3, -0.25) is 0 Å². The van der Waals surface area contributed by atoms with Crippen molar-refractivity contribution in [1.29, 1.82) is 0 Å². The highest BCUT2D eigenvalue weighted by Crippen LogP contribution is 2.29. The number of hydrogen-bond acceptors (Lipinski definition) is 5. The van der Waals surface area contributed by atoms with Gasteiger partial charge in [-0.15, -0.1) is 11.3 Å². The fourth-order valence-corrected chi connectivity index (χ4v) is 2.26. The van der Waals surface area contributed by atoms with Crippen LogP contribution in [0.5, 0.6) is 11.5 Å². The lowest BCUT2D eigenvalue weighted by Crippen LogP contribution is -1.98. The Hall–Kier alpha value is -2.01. The van der Waals surface area contributed by atoms with Crippen molar-refractivity contribution >= 4 is 28.6 Å². The number of benzene rings is 1. The minimum absolute atomic E-state index is 0.575. The Labute approximate surface area is 122 Å². The third kappa shape index (κ3) is 3.74. The molecule has 0 unspecified atom stereocenters. The summed E-state index contributed by atoms with van der Waals surface area (Å²) in [5.41, 5.74) is 7.49. The molecule has 2 rings (SSSR count). The van der Waals surface area contributed by atoms with Gasteiger partial charge in [0.1, 0.15) is 0 Å². The molecule has 5 heteroatoms. The van der Waals surface area contributed by atoms with E-state index in [9.17, 15) is 0 Å². The second-order valence-electron chi connectivity index (χ2n) is 4.02. The molecule has 2 aromatic rings. The first-order valence-corrected chi connectivity index (χ1v) is 7.39. The Balaban J connectivity index is 2.19. The van der Waals surface area contributed by atoms with Crippen LogP contribution in [-0.2, 0) is 0 Å². The molecule has 0 saturated carbocycles. The first-order chi connectivity index (χ1) is 9.72. The van der Waals surface area contributed by atoms with Crippen LogP contribution in [0.1, 0.15) is 25.1 Å². The highest BCUT2D eigenvalue weighted by molar-refractivity contribution is 7.13. The number of thiazole rings is 1. The molecule has 0 spiro atoms. The molecule has 1 aromatic carbocycles. The lowest BCUT2D eigenvalue weighted by Gasteiger charge is -2.11. The molecule has 1 heterocycles. The number of hydrogen-bond donors (Lipinski definition) is 1. The van der Waals surface area contributed by atoms with Gasteiger partial charge in [0.25, 0.3) is 0 Å². The summed E-state index contributed by atoms with van der Waals surface area (Å²) in [6.45, 7) is 5.13. The molecule has 0 amide bonds. The maximum Gasteiger partial charge on any atom is 0.180 e. The van der Waals surface area contributed by atoms with Crippen molar-refractivity contribution in [2.24, 2.45) is 0 Å². The van der Waals surface area contributed by atoms with Crippen LogP contribution >= 0.6 is 11.3 Å². The van der Waals surface area contributed by atoms with E-state index >= 15 is 0 Å². The van der Waals surface area contributed by atoms with Crippen molar-refractivity contribution < 1.29 is 9.47 Å². The fraction of sp³-hybridized carbons (Fsp3) is 0.267. The van der Waals surface area contributed by atoms with Crippen molar-refractivity contribution in [2.75, 3.05) is 18.9 Å². The molecule has 0 radical (unpaired) electrons. The summed E-state index contributed by atoms with van der Waals surface area (Å²) in [6, 6.07) is 5.87. The number of rotatable bonds is 6. The average molecular weight is 290 g/mol. The molecule has 0 aliphatic heterocycles. The topological polar surface area (TPSA) is 57.4 Å². The van der Waals surface area contributed by atoms with Crippen molar-refractivity contribution in [3.05, 3.63) is 34.8 Å². The van der Waals surface area contributed by atoms with Crippen molar-refractivity contribution in [1.82, 2.24) is 4.98 Å². The van der Waals surface area contributed by atoms with Gasteiger partial charge < -0.3 is 15.2 Å². The molecule has 106 valence electrons. The lowest BCUT2D eigenvalue weighted by molar-refractivity contribution is 0.287. The lowest BCUT2D eigenvalue weighted by atomic mass is 10.2. The number of aromatic nitrogens is 1. The molecule has 2 N–H and O–H groups in total. The summed E-state index contributed by atoms with van der Waals surface area (Å²) in [4.78, 5) is 4.19. The summed E-state index contributed by atoms with van der Waals surface area (Å²) in [5.74, 6) is 1.53. The monoisotopic (exact) mass is 290 g/mol. The molecule has 4 nitrogen and oxygen atoms in total. The normalized spacial score (nSPS) is 10.9. The van der Waals surface area contributed by atoms with Gasteiger partial charge >= 0.3 is 0 Å². The third-order valence-electron chi connectivity index (χ3n) is 2.55. The van der Waals surface area contributed by atoms with Crippen molar-refractivity contribution in [2.45, 2.75) is 13.8 Å². The van der Waals surface area contributed by atoms with Crippen LogP contribution in [0.3, 0.4) is 0 Å². The smallest absolute Gasteiger partial charge is 0.180 e. The highest BCUT2D eigenvalue weighted by Gasteiger charge is 2.04. The Morgan fingerprint density at radius 3 is 2.55 bits per heavy atom. The van der Waals surface area contributed by atoms with Gasteiger partial charge in [0, 0.05) is 5.38 Å². The summed E-state index contributed by atoms with van der Waals surface area (Å²) in [5, 5.41) is 2.50. The van der Waals surface area contributed by atoms with Crippen LogP contribution in [0.4, 0.5) is 5.13 Å². The van der Waals surface area contributed by atoms with E-state index in [4.69, 9.17) is 15.2 Å². The highest BCUT2D eigenvalue weighted by atomic mass is 32.1. The maximum absolute atomic E-state index is 5.60. The molecule has 1 aromatic heterocycles. The van der Waals surface area contributed by atoms with Crippen LogP contribution in [0.25, 0.3) is 12.2 Å². The second-order valence-corrected chi connectivity index (χ2v) is 4.91. The van der Waals surface area contributed by atoms with Crippen molar-refractivity contribution in [3.8, 4) is 11.5 Å². The number of nitrogens with two attached hydrogens (primary N) is 1. The van der Waals surface area contributed by atoms with Gasteiger partial charge in [-0.25, -0.2) is 4.98 Å². The molecule has 0 aliphatic carbocycles. The Bertz CT molecular complexity index is 593. The Kier molecular flexibility index (Phi) is 5.01. The quantitative estimate of drug-likeness (QED) is 0.881. The molecule has 0 saturated heterocycles. The van der Waals surface area contributed by atoms with Gasteiger partial charge in [-0.1, -0.05) is 12.1 Å². The van der Waals surface area contributed by atoms with Gasteiger partial charge in [-0.05, 0) is 37.6 Å².